The van der Waals surface area contributed by atoms with Crippen LogP contribution in [0.15, 0.2) is 12.7 Å². The summed E-state index contributed by atoms with van der Waals surface area (Å²) >= 11 is 5.87. The van der Waals surface area contributed by atoms with E-state index in [0.29, 0.717) is 16.3 Å². The summed E-state index contributed by atoms with van der Waals surface area (Å²) in [6.07, 6.45) is 3.84. The fourth-order valence-electron chi connectivity index (χ4n) is 1.50. The highest BCUT2D eigenvalue weighted by Gasteiger charge is 2.14. The lowest BCUT2D eigenvalue weighted by atomic mass is 10.2. The molecule has 6 heteroatoms. The van der Waals surface area contributed by atoms with E-state index in [9.17, 15) is 5.11 Å². The highest BCUT2D eigenvalue weighted by atomic mass is 35.5. The molecule has 0 amide bonds. The zero-order valence-corrected chi connectivity index (χ0v) is 9.02. The molecule has 0 aliphatic heterocycles. The molecular formula is C9H11ClN4O. The van der Waals surface area contributed by atoms with Gasteiger partial charge >= 0.3 is 0 Å². The highest BCUT2D eigenvalue weighted by Crippen LogP contribution is 2.21. The average Bonchev–Trinajstić information content (AvgIpc) is 2.66. The van der Waals surface area contributed by atoms with Crippen molar-refractivity contribution < 1.29 is 5.11 Å². The number of rotatable bonds is 3. The second kappa shape index (κ2) is 4.12. The third-order valence-corrected chi connectivity index (χ3v) is 2.67. The fourth-order valence-corrected chi connectivity index (χ4v) is 1.68. The molecule has 1 atom stereocenters. The number of aliphatic hydroxyl groups is 1. The monoisotopic (exact) mass is 226 g/mol. The molecule has 5 nitrogen and oxygen atoms in total. The molecule has 0 spiro atoms. The molecule has 2 aromatic heterocycles. The SMILES string of the molecule is CC[C@@H](CO)n1cnc2c(Cl)ncnc21. The molecule has 0 saturated heterocycles. The van der Waals surface area contributed by atoms with E-state index >= 15 is 0 Å². The van der Waals surface area contributed by atoms with Gasteiger partial charge in [0.2, 0.25) is 0 Å². The van der Waals surface area contributed by atoms with Crippen molar-refractivity contribution in [1.29, 1.82) is 0 Å². The Morgan fingerprint density at radius 1 is 1.47 bits per heavy atom. The second-order valence-corrected chi connectivity index (χ2v) is 3.59. The molecule has 80 valence electrons. The zero-order valence-electron chi connectivity index (χ0n) is 8.26. The largest absolute Gasteiger partial charge is 0.394 e. The van der Waals surface area contributed by atoms with Crippen LogP contribution in [0.5, 0.6) is 0 Å². The quantitative estimate of drug-likeness (QED) is 0.804. The van der Waals surface area contributed by atoms with Crippen LogP contribution in [0.1, 0.15) is 19.4 Å². The van der Waals surface area contributed by atoms with Gasteiger partial charge in [0, 0.05) is 0 Å². The number of hydrogen-bond donors (Lipinski definition) is 1. The van der Waals surface area contributed by atoms with Crippen LogP contribution in [0.4, 0.5) is 0 Å². The van der Waals surface area contributed by atoms with Gasteiger partial charge in [-0.1, -0.05) is 18.5 Å². The van der Waals surface area contributed by atoms with Crippen LogP contribution in [-0.2, 0) is 0 Å². The van der Waals surface area contributed by atoms with Crippen molar-refractivity contribution in [2.24, 2.45) is 0 Å². The Balaban J connectivity index is 2.58. The normalized spacial score (nSPS) is 13.3. The Hall–Kier alpha value is -1.20. The van der Waals surface area contributed by atoms with Crippen LogP contribution in [0.2, 0.25) is 5.15 Å². The van der Waals surface area contributed by atoms with Crippen molar-refractivity contribution in [1.82, 2.24) is 19.5 Å². The summed E-state index contributed by atoms with van der Waals surface area (Å²) in [5, 5.41) is 9.54. The van der Waals surface area contributed by atoms with E-state index in [0.717, 1.165) is 6.42 Å². The standard InChI is InChI=1S/C9H11ClN4O/c1-2-6(3-15)14-5-13-7-8(10)11-4-12-9(7)14/h4-6,15H,2-3H2,1H3/t6-/m0/s1. The van der Waals surface area contributed by atoms with Crippen molar-refractivity contribution in [2.75, 3.05) is 6.61 Å². The number of imidazole rings is 1. The van der Waals surface area contributed by atoms with Gasteiger partial charge in [0.1, 0.15) is 11.8 Å². The zero-order chi connectivity index (χ0) is 10.8. The van der Waals surface area contributed by atoms with Gasteiger partial charge < -0.3 is 9.67 Å². The lowest BCUT2D eigenvalue weighted by molar-refractivity contribution is 0.226. The number of nitrogens with zero attached hydrogens (tertiary/aromatic N) is 4. The minimum absolute atomic E-state index is 0.0130. The van der Waals surface area contributed by atoms with Crippen molar-refractivity contribution >= 4 is 22.8 Å². The first kappa shape index (κ1) is 10.3. The van der Waals surface area contributed by atoms with Crippen LogP contribution in [-0.4, -0.2) is 31.2 Å². The molecule has 15 heavy (non-hydrogen) atoms. The Morgan fingerprint density at radius 3 is 2.93 bits per heavy atom. The van der Waals surface area contributed by atoms with Crippen LogP contribution >= 0.6 is 11.6 Å². The molecule has 2 rings (SSSR count). The first-order valence-corrected chi connectivity index (χ1v) is 5.09. The minimum atomic E-state index is -0.0130. The van der Waals surface area contributed by atoms with E-state index in [2.05, 4.69) is 15.0 Å². The van der Waals surface area contributed by atoms with E-state index in [1.807, 2.05) is 11.5 Å². The Morgan fingerprint density at radius 2 is 2.27 bits per heavy atom. The Kier molecular flexibility index (Phi) is 2.83. The Labute approximate surface area is 91.7 Å². The van der Waals surface area contributed by atoms with Crippen LogP contribution in [0.3, 0.4) is 0 Å². The highest BCUT2D eigenvalue weighted by molar-refractivity contribution is 6.33. The van der Waals surface area contributed by atoms with Crippen molar-refractivity contribution in [3.05, 3.63) is 17.8 Å². The summed E-state index contributed by atoms with van der Waals surface area (Å²) in [5.74, 6) is 0. The average molecular weight is 227 g/mol. The topological polar surface area (TPSA) is 63.8 Å². The van der Waals surface area contributed by atoms with E-state index in [-0.39, 0.29) is 12.6 Å². The predicted octanol–water partition coefficient (Wildman–Crippen LogP) is 1.42. The van der Waals surface area contributed by atoms with E-state index < -0.39 is 0 Å². The lowest BCUT2D eigenvalue weighted by Gasteiger charge is -2.13. The summed E-state index contributed by atoms with van der Waals surface area (Å²) < 4.78 is 1.82. The maximum absolute atomic E-state index is 9.20. The van der Waals surface area contributed by atoms with E-state index in [1.165, 1.54) is 6.33 Å². The number of aromatic nitrogens is 4. The number of halogens is 1. The molecule has 0 bridgehead atoms. The number of hydrogen-bond acceptors (Lipinski definition) is 4. The van der Waals surface area contributed by atoms with Crippen LogP contribution in [0.25, 0.3) is 11.2 Å². The molecule has 0 aromatic carbocycles. The first-order valence-electron chi connectivity index (χ1n) is 4.71. The molecular weight excluding hydrogens is 216 g/mol. The summed E-state index contributed by atoms with van der Waals surface area (Å²) in [7, 11) is 0. The minimum Gasteiger partial charge on any atom is -0.394 e. The van der Waals surface area contributed by atoms with Gasteiger partial charge in [-0.15, -0.1) is 0 Å². The Bertz CT molecular complexity index is 466. The second-order valence-electron chi connectivity index (χ2n) is 3.23. The molecule has 1 N–H and O–H groups in total. The van der Waals surface area contributed by atoms with Crippen LogP contribution in [0, 0.1) is 0 Å². The maximum Gasteiger partial charge on any atom is 0.165 e. The molecule has 0 saturated carbocycles. The first-order chi connectivity index (χ1) is 7.27. The number of aliphatic hydroxyl groups excluding tert-OH is 1. The van der Waals surface area contributed by atoms with Crippen molar-refractivity contribution in [2.45, 2.75) is 19.4 Å². The van der Waals surface area contributed by atoms with Crippen molar-refractivity contribution in [3.8, 4) is 0 Å². The molecule has 0 radical (unpaired) electrons. The summed E-state index contributed by atoms with van der Waals surface area (Å²) in [6.45, 7) is 2.05. The van der Waals surface area contributed by atoms with Gasteiger partial charge in [-0.25, -0.2) is 15.0 Å². The molecule has 0 unspecified atom stereocenters. The molecule has 2 aromatic rings. The van der Waals surface area contributed by atoms with Gasteiger partial charge in [0.15, 0.2) is 10.8 Å². The summed E-state index contributed by atoms with van der Waals surface area (Å²) in [6, 6.07) is -0.0130. The van der Waals surface area contributed by atoms with Gasteiger partial charge in [-0.2, -0.15) is 0 Å². The van der Waals surface area contributed by atoms with Gasteiger partial charge in [0.25, 0.3) is 0 Å². The summed E-state index contributed by atoms with van der Waals surface area (Å²) in [4.78, 5) is 12.1. The predicted molar refractivity (Wildman–Crippen MR) is 56.7 cm³/mol. The summed E-state index contributed by atoms with van der Waals surface area (Å²) in [5.41, 5.74) is 1.24. The maximum atomic E-state index is 9.20. The van der Waals surface area contributed by atoms with Crippen LogP contribution < -0.4 is 0 Å². The molecule has 0 fully saturated rings. The molecule has 2 heterocycles. The molecule has 0 aliphatic carbocycles. The lowest BCUT2D eigenvalue weighted by Crippen LogP contribution is -2.11. The van der Waals surface area contributed by atoms with Crippen molar-refractivity contribution in [3.63, 3.8) is 0 Å². The fraction of sp³-hybridized carbons (Fsp3) is 0.444. The van der Waals surface area contributed by atoms with E-state index in [1.54, 1.807) is 6.33 Å². The molecule has 0 aliphatic rings. The van der Waals surface area contributed by atoms with Gasteiger partial charge in [0.05, 0.1) is 19.0 Å². The third kappa shape index (κ3) is 1.68. The van der Waals surface area contributed by atoms with E-state index in [4.69, 9.17) is 11.6 Å². The van der Waals surface area contributed by atoms with Gasteiger partial charge in [-0.05, 0) is 6.42 Å². The number of fused-ring (bicyclic) bond motifs is 1. The smallest absolute Gasteiger partial charge is 0.165 e. The van der Waals surface area contributed by atoms with Gasteiger partial charge in [-0.3, -0.25) is 0 Å². The third-order valence-electron chi connectivity index (χ3n) is 2.39.